The van der Waals surface area contributed by atoms with Crippen LogP contribution in [0.5, 0.6) is 0 Å². The molecular weight excluding hydrogens is 440 g/mol. The summed E-state index contributed by atoms with van der Waals surface area (Å²) in [5.41, 5.74) is 7.86. The molecule has 2 nitrogen and oxygen atoms in total. The zero-order valence-corrected chi connectivity index (χ0v) is 20.4. The van der Waals surface area contributed by atoms with E-state index in [9.17, 15) is 9.59 Å². The Hall–Kier alpha value is -4.56. The minimum Gasteiger partial charge on any atom is -0.289 e. The minimum atomic E-state index is -0.0691. The fourth-order valence-corrected chi connectivity index (χ4v) is 4.41. The summed E-state index contributed by atoms with van der Waals surface area (Å²) in [6.45, 7) is 4.01. The molecule has 0 heterocycles. The van der Waals surface area contributed by atoms with E-state index in [-0.39, 0.29) is 11.6 Å². The van der Waals surface area contributed by atoms with E-state index in [4.69, 9.17) is 0 Å². The van der Waals surface area contributed by atoms with Crippen LogP contribution in [0.3, 0.4) is 0 Å². The van der Waals surface area contributed by atoms with Gasteiger partial charge in [0.05, 0.1) is 0 Å². The number of ketones is 2. The molecule has 174 valence electrons. The number of benzene rings is 5. The third-order valence-corrected chi connectivity index (χ3v) is 6.44. The molecule has 2 heteroatoms. The lowest BCUT2D eigenvalue weighted by molar-refractivity contribution is 0.102. The van der Waals surface area contributed by atoms with Crippen molar-refractivity contribution in [1.29, 1.82) is 0 Å². The maximum atomic E-state index is 13.8. The Bertz CT molecular complexity index is 1410. The Morgan fingerprint density at radius 1 is 0.444 bits per heavy atom. The SMILES string of the molecule is Cc1ccc(C(=O)c2cc(-c3ccccc3)c(C(=O)c3ccc(C)cc3)cc2-c2ccccc2)cc1. The van der Waals surface area contributed by atoms with Gasteiger partial charge in [0.15, 0.2) is 11.6 Å². The molecule has 0 bridgehead atoms. The van der Waals surface area contributed by atoms with E-state index in [0.717, 1.165) is 33.4 Å². The van der Waals surface area contributed by atoms with Crippen molar-refractivity contribution in [2.75, 3.05) is 0 Å². The van der Waals surface area contributed by atoms with Crippen LogP contribution in [0.1, 0.15) is 43.0 Å². The first-order chi connectivity index (χ1) is 17.5. The van der Waals surface area contributed by atoms with Crippen LogP contribution in [0.2, 0.25) is 0 Å². The Balaban J connectivity index is 1.77. The molecule has 0 fully saturated rings. The number of hydrogen-bond acceptors (Lipinski definition) is 2. The van der Waals surface area contributed by atoms with Crippen LogP contribution in [0.25, 0.3) is 22.3 Å². The van der Waals surface area contributed by atoms with Crippen LogP contribution in [0, 0.1) is 13.8 Å². The summed E-state index contributed by atoms with van der Waals surface area (Å²) in [5.74, 6) is -0.138. The zero-order valence-electron chi connectivity index (χ0n) is 20.4. The van der Waals surface area contributed by atoms with Crippen LogP contribution < -0.4 is 0 Å². The van der Waals surface area contributed by atoms with Crippen molar-refractivity contribution in [2.45, 2.75) is 13.8 Å². The van der Waals surface area contributed by atoms with Crippen LogP contribution in [0.15, 0.2) is 121 Å². The normalized spacial score (nSPS) is 10.7. The van der Waals surface area contributed by atoms with Crippen LogP contribution in [-0.4, -0.2) is 11.6 Å². The average molecular weight is 467 g/mol. The van der Waals surface area contributed by atoms with Gasteiger partial charge in [0, 0.05) is 22.3 Å². The second kappa shape index (κ2) is 9.97. The number of carbonyl (C=O) groups is 2. The second-order valence-corrected chi connectivity index (χ2v) is 9.07. The molecular formula is C34H26O2. The molecule has 5 aromatic carbocycles. The summed E-state index contributed by atoms with van der Waals surface area (Å²) in [7, 11) is 0. The van der Waals surface area contributed by atoms with Gasteiger partial charge in [-0.05, 0) is 48.2 Å². The Labute approximate surface area is 211 Å². The third kappa shape index (κ3) is 4.67. The summed E-state index contributed by atoms with van der Waals surface area (Å²) in [6.07, 6.45) is 0. The maximum absolute atomic E-state index is 13.8. The van der Waals surface area contributed by atoms with Gasteiger partial charge in [0.2, 0.25) is 0 Å². The molecule has 0 saturated heterocycles. The van der Waals surface area contributed by atoms with Crippen molar-refractivity contribution in [3.05, 3.63) is 155 Å². The fourth-order valence-electron chi connectivity index (χ4n) is 4.41. The van der Waals surface area contributed by atoms with Crippen LogP contribution in [-0.2, 0) is 0 Å². The van der Waals surface area contributed by atoms with Gasteiger partial charge >= 0.3 is 0 Å². The summed E-state index contributed by atoms with van der Waals surface area (Å²) in [6, 6.07) is 38.6. The van der Waals surface area contributed by atoms with Gasteiger partial charge in [0.25, 0.3) is 0 Å². The van der Waals surface area contributed by atoms with E-state index in [0.29, 0.717) is 22.3 Å². The van der Waals surface area contributed by atoms with Crippen molar-refractivity contribution in [2.24, 2.45) is 0 Å². The van der Waals surface area contributed by atoms with E-state index in [2.05, 4.69) is 0 Å². The van der Waals surface area contributed by atoms with Crippen molar-refractivity contribution in [1.82, 2.24) is 0 Å². The van der Waals surface area contributed by atoms with Crippen LogP contribution in [0.4, 0.5) is 0 Å². The maximum Gasteiger partial charge on any atom is 0.193 e. The van der Waals surface area contributed by atoms with Gasteiger partial charge in [-0.25, -0.2) is 0 Å². The number of carbonyl (C=O) groups excluding carboxylic acids is 2. The Morgan fingerprint density at radius 3 is 1.11 bits per heavy atom. The number of hydrogen-bond donors (Lipinski definition) is 0. The van der Waals surface area contributed by atoms with E-state index < -0.39 is 0 Å². The molecule has 0 aliphatic rings. The lowest BCUT2D eigenvalue weighted by atomic mass is 9.85. The van der Waals surface area contributed by atoms with E-state index in [1.807, 2.05) is 135 Å². The highest BCUT2D eigenvalue weighted by Crippen LogP contribution is 2.35. The first-order valence-corrected chi connectivity index (χ1v) is 12.0. The predicted molar refractivity (Wildman–Crippen MR) is 147 cm³/mol. The first-order valence-electron chi connectivity index (χ1n) is 12.0. The van der Waals surface area contributed by atoms with Crippen molar-refractivity contribution < 1.29 is 9.59 Å². The number of aryl methyl sites for hydroxylation is 2. The standard InChI is InChI=1S/C34H26O2/c1-23-13-17-27(18-14-23)33(35)31-21-30(26-11-7-4-8-12-26)32(22-29(31)25-9-5-3-6-10-25)34(36)28-19-15-24(2)16-20-28/h3-22H,1-2H3. The van der Waals surface area contributed by atoms with E-state index >= 15 is 0 Å². The smallest absolute Gasteiger partial charge is 0.193 e. The largest absolute Gasteiger partial charge is 0.289 e. The summed E-state index contributed by atoms with van der Waals surface area (Å²) in [4.78, 5) is 27.7. The molecule has 0 N–H and O–H groups in total. The first kappa shape index (κ1) is 23.2. The highest BCUT2D eigenvalue weighted by atomic mass is 16.1. The van der Waals surface area contributed by atoms with E-state index in [1.165, 1.54) is 0 Å². The highest BCUT2D eigenvalue weighted by molar-refractivity contribution is 6.18. The molecule has 0 aromatic heterocycles. The third-order valence-electron chi connectivity index (χ3n) is 6.44. The zero-order chi connectivity index (χ0) is 25.1. The summed E-state index contributed by atoms with van der Waals surface area (Å²) in [5, 5.41) is 0. The molecule has 0 amide bonds. The fraction of sp³-hybridized carbons (Fsp3) is 0.0588. The van der Waals surface area contributed by atoms with Crippen molar-refractivity contribution in [3.63, 3.8) is 0 Å². The van der Waals surface area contributed by atoms with Crippen molar-refractivity contribution in [3.8, 4) is 22.3 Å². The molecule has 36 heavy (non-hydrogen) atoms. The topological polar surface area (TPSA) is 34.1 Å². The Morgan fingerprint density at radius 2 is 0.778 bits per heavy atom. The average Bonchev–Trinajstić information content (AvgIpc) is 2.93. The summed E-state index contributed by atoms with van der Waals surface area (Å²) >= 11 is 0. The monoisotopic (exact) mass is 466 g/mol. The molecule has 0 aliphatic carbocycles. The minimum absolute atomic E-state index is 0.0691. The van der Waals surface area contributed by atoms with E-state index in [1.54, 1.807) is 0 Å². The quantitative estimate of drug-likeness (QED) is 0.237. The van der Waals surface area contributed by atoms with Crippen molar-refractivity contribution >= 4 is 11.6 Å². The lowest BCUT2D eigenvalue weighted by Crippen LogP contribution is -2.09. The van der Waals surface area contributed by atoms with Gasteiger partial charge in [-0.2, -0.15) is 0 Å². The van der Waals surface area contributed by atoms with Gasteiger partial charge in [-0.1, -0.05) is 120 Å². The van der Waals surface area contributed by atoms with Crippen LogP contribution >= 0.6 is 0 Å². The van der Waals surface area contributed by atoms with Gasteiger partial charge in [-0.15, -0.1) is 0 Å². The van der Waals surface area contributed by atoms with Gasteiger partial charge in [0.1, 0.15) is 0 Å². The second-order valence-electron chi connectivity index (χ2n) is 9.07. The van der Waals surface area contributed by atoms with Gasteiger partial charge < -0.3 is 0 Å². The molecule has 0 spiro atoms. The number of rotatable bonds is 6. The molecule has 5 rings (SSSR count). The summed E-state index contributed by atoms with van der Waals surface area (Å²) < 4.78 is 0. The lowest BCUT2D eigenvalue weighted by Gasteiger charge is -2.17. The highest BCUT2D eigenvalue weighted by Gasteiger charge is 2.23. The molecule has 0 aliphatic heterocycles. The molecule has 0 unspecified atom stereocenters. The molecule has 0 atom stereocenters. The molecule has 5 aromatic rings. The predicted octanol–water partition coefficient (Wildman–Crippen LogP) is 8.10. The molecule has 0 saturated carbocycles. The molecule has 0 radical (unpaired) electrons. The Kier molecular flexibility index (Phi) is 6.42. The van der Waals surface area contributed by atoms with Gasteiger partial charge in [-0.3, -0.25) is 9.59 Å².